The van der Waals surface area contributed by atoms with Gasteiger partial charge in [-0.25, -0.2) is 8.42 Å². The number of hydrogen-bond acceptors (Lipinski definition) is 4. The van der Waals surface area contributed by atoms with Crippen LogP contribution in [0.1, 0.15) is 49.4 Å². The Morgan fingerprint density at radius 2 is 1.41 bits per heavy atom. The second-order valence-corrected chi connectivity index (χ2v) is 12.0. The summed E-state index contributed by atoms with van der Waals surface area (Å²) in [4.78, 5) is 28.7. The van der Waals surface area contributed by atoms with Crippen LogP contribution in [0.25, 0.3) is 0 Å². The van der Waals surface area contributed by atoms with E-state index in [1.54, 1.807) is 43.3 Å². The molecule has 0 unspecified atom stereocenters. The van der Waals surface area contributed by atoms with Gasteiger partial charge in [-0.3, -0.25) is 13.9 Å². The zero-order chi connectivity index (χ0) is 28.7. The number of carbonyl (C=O) groups is 2. The Balaban J connectivity index is 2.03. The van der Waals surface area contributed by atoms with E-state index in [4.69, 9.17) is 0 Å². The molecule has 8 heteroatoms. The van der Waals surface area contributed by atoms with Crippen molar-refractivity contribution < 1.29 is 18.0 Å². The summed E-state index contributed by atoms with van der Waals surface area (Å²) in [5.74, 6) is -0.754. The topological polar surface area (TPSA) is 86.8 Å². The maximum Gasteiger partial charge on any atom is 0.264 e. The van der Waals surface area contributed by atoms with Gasteiger partial charge in [-0.05, 0) is 76.4 Å². The summed E-state index contributed by atoms with van der Waals surface area (Å²) in [6.07, 6.45) is 0.750. The van der Waals surface area contributed by atoms with Crippen molar-refractivity contribution in [3.63, 3.8) is 0 Å². The molecule has 0 saturated heterocycles. The molecule has 2 atom stereocenters. The first-order chi connectivity index (χ1) is 18.4. The lowest BCUT2D eigenvalue weighted by Crippen LogP contribution is -2.52. The SMILES string of the molecule is CC[C@@H](C)NC(=O)[C@@H](C)N(Cc1ccccc1C)C(=O)CN(c1ccc(C)cc1)S(=O)(=O)c1ccc(C)cc1. The van der Waals surface area contributed by atoms with Crippen LogP contribution in [0.15, 0.2) is 77.7 Å². The Kier molecular flexibility index (Phi) is 9.92. The van der Waals surface area contributed by atoms with Gasteiger partial charge in [0.05, 0.1) is 10.6 Å². The van der Waals surface area contributed by atoms with Crippen LogP contribution in [0, 0.1) is 20.8 Å². The molecule has 3 aromatic carbocycles. The lowest BCUT2D eigenvalue weighted by Gasteiger charge is -2.32. The summed E-state index contributed by atoms with van der Waals surface area (Å²) in [5.41, 5.74) is 4.14. The second kappa shape index (κ2) is 12.9. The highest BCUT2D eigenvalue weighted by Gasteiger charge is 2.33. The van der Waals surface area contributed by atoms with E-state index in [0.29, 0.717) is 5.69 Å². The fourth-order valence-corrected chi connectivity index (χ4v) is 5.51. The van der Waals surface area contributed by atoms with E-state index in [0.717, 1.165) is 33.0 Å². The standard InChI is InChI=1S/C31H39N3O4S/c1-7-25(5)32-31(36)26(6)33(20-27-11-9-8-10-24(27)4)30(35)21-34(28-16-12-22(2)13-17-28)39(37,38)29-18-14-23(3)15-19-29/h8-19,25-26H,7,20-21H2,1-6H3,(H,32,36)/t25-,26-/m1/s1. The number of carbonyl (C=O) groups excluding carboxylic acids is 2. The molecule has 0 fully saturated rings. The molecule has 1 N–H and O–H groups in total. The molecule has 0 spiro atoms. The Bertz CT molecular complexity index is 1390. The minimum Gasteiger partial charge on any atom is -0.352 e. The number of sulfonamides is 1. The fraction of sp³-hybridized carbons (Fsp3) is 0.355. The van der Waals surface area contributed by atoms with Gasteiger partial charge in [0, 0.05) is 12.6 Å². The van der Waals surface area contributed by atoms with Crippen LogP contribution in [0.2, 0.25) is 0 Å². The highest BCUT2D eigenvalue weighted by molar-refractivity contribution is 7.92. The Morgan fingerprint density at radius 3 is 1.97 bits per heavy atom. The summed E-state index contributed by atoms with van der Waals surface area (Å²) in [6.45, 7) is 11.0. The Labute approximate surface area is 232 Å². The third-order valence-corrected chi connectivity index (χ3v) is 8.77. The number of benzene rings is 3. The number of aryl methyl sites for hydroxylation is 3. The fourth-order valence-electron chi connectivity index (χ4n) is 4.10. The quantitative estimate of drug-likeness (QED) is 0.359. The number of nitrogens with zero attached hydrogens (tertiary/aromatic N) is 2. The third-order valence-electron chi connectivity index (χ3n) is 6.98. The maximum absolute atomic E-state index is 14.0. The third kappa shape index (κ3) is 7.47. The second-order valence-electron chi connectivity index (χ2n) is 10.1. The van der Waals surface area contributed by atoms with Gasteiger partial charge in [0.15, 0.2) is 0 Å². The van der Waals surface area contributed by atoms with Crippen LogP contribution in [0.3, 0.4) is 0 Å². The predicted octanol–water partition coefficient (Wildman–Crippen LogP) is 5.14. The van der Waals surface area contributed by atoms with Crippen molar-refractivity contribution in [3.05, 3.63) is 95.1 Å². The molecule has 7 nitrogen and oxygen atoms in total. The number of rotatable bonds is 11. The van der Waals surface area contributed by atoms with Crippen LogP contribution in [-0.2, 0) is 26.2 Å². The van der Waals surface area contributed by atoms with Crippen molar-refractivity contribution >= 4 is 27.5 Å². The van der Waals surface area contributed by atoms with E-state index in [1.807, 2.05) is 71.0 Å². The van der Waals surface area contributed by atoms with Gasteiger partial charge < -0.3 is 10.2 Å². The summed E-state index contributed by atoms with van der Waals surface area (Å²) < 4.78 is 28.9. The first-order valence-electron chi connectivity index (χ1n) is 13.2. The first kappa shape index (κ1) is 29.9. The summed E-state index contributed by atoms with van der Waals surface area (Å²) >= 11 is 0. The number of nitrogens with one attached hydrogen (secondary N) is 1. The minimum absolute atomic E-state index is 0.0543. The van der Waals surface area contributed by atoms with Crippen LogP contribution in [0.5, 0.6) is 0 Å². The normalized spacial score (nSPS) is 12.9. The highest BCUT2D eigenvalue weighted by Crippen LogP contribution is 2.25. The number of hydrogen-bond donors (Lipinski definition) is 1. The molecule has 3 rings (SSSR count). The molecule has 39 heavy (non-hydrogen) atoms. The van der Waals surface area contributed by atoms with Crippen molar-refractivity contribution in [1.29, 1.82) is 0 Å². The lowest BCUT2D eigenvalue weighted by molar-refractivity contribution is -0.139. The molecule has 0 saturated carbocycles. The molecule has 0 aliphatic rings. The van der Waals surface area contributed by atoms with Crippen molar-refractivity contribution in [2.24, 2.45) is 0 Å². The minimum atomic E-state index is -4.08. The molecule has 3 aromatic rings. The molecule has 0 bridgehead atoms. The number of amides is 2. The smallest absolute Gasteiger partial charge is 0.264 e. The Morgan fingerprint density at radius 1 is 0.846 bits per heavy atom. The van der Waals surface area contributed by atoms with Crippen LogP contribution in [0.4, 0.5) is 5.69 Å². The molecule has 0 heterocycles. The van der Waals surface area contributed by atoms with Gasteiger partial charge in [0.2, 0.25) is 11.8 Å². The van der Waals surface area contributed by atoms with E-state index in [9.17, 15) is 18.0 Å². The summed E-state index contributed by atoms with van der Waals surface area (Å²) in [5, 5.41) is 2.95. The molecule has 0 aliphatic heterocycles. The van der Waals surface area contributed by atoms with Gasteiger partial charge in [-0.1, -0.05) is 66.6 Å². The monoisotopic (exact) mass is 549 g/mol. The molecule has 208 valence electrons. The van der Waals surface area contributed by atoms with Crippen LogP contribution in [-0.4, -0.2) is 43.8 Å². The van der Waals surface area contributed by atoms with E-state index in [2.05, 4.69) is 5.32 Å². The lowest BCUT2D eigenvalue weighted by atomic mass is 10.1. The van der Waals surface area contributed by atoms with Crippen LogP contribution < -0.4 is 9.62 Å². The molecule has 2 amide bonds. The maximum atomic E-state index is 14.0. The van der Waals surface area contributed by atoms with Crippen molar-refractivity contribution in [1.82, 2.24) is 10.2 Å². The zero-order valence-corrected chi connectivity index (χ0v) is 24.5. The molecule has 0 aromatic heterocycles. The van der Waals surface area contributed by atoms with Crippen molar-refractivity contribution in [2.75, 3.05) is 10.8 Å². The van der Waals surface area contributed by atoms with Gasteiger partial charge in [-0.2, -0.15) is 0 Å². The summed E-state index contributed by atoms with van der Waals surface area (Å²) in [6, 6.07) is 20.3. The number of anilines is 1. The van der Waals surface area contributed by atoms with Crippen molar-refractivity contribution in [2.45, 2.75) is 71.5 Å². The largest absolute Gasteiger partial charge is 0.352 e. The molecule has 0 aliphatic carbocycles. The average molecular weight is 550 g/mol. The first-order valence-corrected chi connectivity index (χ1v) is 14.7. The zero-order valence-electron chi connectivity index (χ0n) is 23.6. The van der Waals surface area contributed by atoms with Gasteiger partial charge in [0.25, 0.3) is 10.0 Å². The van der Waals surface area contributed by atoms with Gasteiger partial charge >= 0.3 is 0 Å². The van der Waals surface area contributed by atoms with Gasteiger partial charge in [-0.15, -0.1) is 0 Å². The van der Waals surface area contributed by atoms with Crippen molar-refractivity contribution in [3.8, 4) is 0 Å². The molecular formula is C31H39N3O4S. The molecule has 0 radical (unpaired) electrons. The highest BCUT2D eigenvalue weighted by atomic mass is 32.2. The summed E-state index contributed by atoms with van der Waals surface area (Å²) in [7, 11) is -4.08. The van der Waals surface area contributed by atoms with E-state index in [1.165, 1.54) is 4.90 Å². The predicted molar refractivity (Wildman–Crippen MR) is 156 cm³/mol. The molecular weight excluding hydrogens is 510 g/mol. The Hall–Kier alpha value is -3.65. The average Bonchev–Trinajstić information content (AvgIpc) is 2.91. The van der Waals surface area contributed by atoms with E-state index in [-0.39, 0.29) is 23.4 Å². The van der Waals surface area contributed by atoms with Crippen LogP contribution >= 0.6 is 0 Å². The van der Waals surface area contributed by atoms with E-state index >= 15 is 0 Å². The van der Waals surface area contributed by atoms with E-state index < -0.39 is 28.5 Å². The van der Waals surface area contributed by atoms with Gasteiger partial charge in [0.1, 0.15) is 12.6 Å².